The second-order valence-corrected chi connectivity index (χ2v) is 5.58. The normalized spacial score (nSPS) is 20.9. The zero-order chi connectivity index (χ0) is 13.1. The van der Waals surface area contributed by atoms with Crippen molar-refractivity contribution in [2.75, 3.05) is 25.1 Å². The van der Waals surface area contributed by atoms with Crippen molar-refractivity contribution in [3.8, 4) is 0 Å². The van der Waals surface area contributed by atoms with Gasteiger partial charge in [-0.1, -0.05) is 12.1 Å². The molecule has 0 spiro atoms. The van der Waals surface area contributed by atoms with Crippen LogP contribution >= 0.6 is 11.8 Å². The second kappa shape index (κ2) is 5.80. The number of Topliss-reactive ketones (excluding diaryl/α,β-unsaturated/α-hetero) is 1. The number of likely N-dealkylation sites (N-methyl/N-ethyl adjacent to an activating group) is 1. The average molecular weight is 271 g/mol. The molecule has 0 N–H and O–H groups in total. The number of hydrogen-bond donors (Lipinski definition) is 0. The smallest absolute Gasteiger partial charge is 0.162 e. The van der Waals surface area contributed by atoms with Crippen LogP contribution in [0.15, 0.2) is 18.2 Å². The summed E-state index contributed by atoms with van der Waals surface area (Å²) in [7, 11) is 1.89. The lowest BCUT2D eigenvalue weighted by Crippen LogP contribution is -2.45. The summed E-state index contributed by atoms with van der Waals surface area (Å²) in [4.78, 5) is 14.1. The Hall–Kier alpha value is -0.940. The highest BCUT2D eigenvalue weighted by Crippen LogP contribution is 2.18. The van der Waals surface area contributed by atoms with Gasteiger partial charge in [-0.2, -0.15) is 11.8 Å². The molecule has 0 amide bonds. The maximum Gasteiger partial charge on any atom is 0.162 e. The number of benzene rings is 1. The van der Waals surface area contributed by atoms with Crippen molar-refractivity contribution in [1.29, 1.82) is 0 Å². The van der Waals surface area contributed by atoms with Crippen molar-refractivity contribution in [1.82, 2.24) is 4.90 Å². The van der Waals surface area contributed by atoms with Crippen LogP contribution in [-0.2, 0) is 11.2 Å². The minimum Gasteiger partial charge on any atom is -0.298 e. The van der Waals surface area contributed by atoms with Crippen LogP contribution < -0.4 is 0 Å². The Morgan fingerprint density at radius 2 is 2.28 bits per heavy atom. The third kappa shape index (κ3) is 2.90. The SMILES string of the molecule is CN1CCSCC1C(=O)Cc1cccc(F)c1F. The first-order valence-electron chi connectivity index (χ1n) is 5.83. The van der Waals surface area contributed by atoms with Gasteiger partial charge in [0.25, 0.3) is 0 Å². The van der Waals surface area contributed by atoms with E-state index in [9.17, 15) is 13.6 Å². The molecule has 1 aliphatic heterocycles. The van der Waals surface area contributed by atoms with E-state index in [4.69, 9.17) is 0 Å². The summed E-state index contributed by atoms with van der Waals surface area (Å²) < 4.78 is 26.5. The fourth-order valence-electron chi connectivity index (χ4n) is 2.02. The van der Waals surface area contributed by atoms with Gasteiger partial charge < -0.3 is 0 Å². The number of halogens is 2. The van der Waals surface area contributed by atoms with E-state index >= 15 is 0 Å². The Labute approximate surface area is 109 Å². The fraction of sp³-hybridized carbons (Fsp3) is 0.462. The number of nitrogens with zero attached hydrogens (tertiary/aromatic N) is 1. The quantitative estimate of drug-likeness (QED) is 0.840. The van der Waals surface area contributed by atoms with Crippen LogP contribution in [-0.4, -0.2) is 41.8 Å². The van der Waals surface area contributed by atoms with E-state index in [1.165, 1.54) is 12.1 Å². The van der Waals surface area contributed by atoms with Crippen molar-refractivity contribution in [2.24, 2.45) is 0 Å². The zero-order valence-electron chi connectivity index (χ0n) is 10.2. The Balaban J connectivity index is 2.09. The lowest BCUT2D eigenvalue weighted by Gasteiger charge is -2.30. The van der Waals surface area contributed by atoms with Gasteiger partial charge in [0.2, 0.25) is 0 Å². The number of ketones is 1. The fourth-order valence-corrected chi connectivity index (χ4v) is 3.26. The van der Waals surface area contributed by atoms with Crippen LogP contribution in [0.4, 0.5) is 8.78 Å². The van der Waals surface area contributed by atoms with Gasteiger partial charge in [0.1, 0.15) is 0 Å². The third-order valence-corrected chi connectivity index (χ3v) is 4.19. The lowest BCUT2D eigenvalue weighted by molar-refractivity contribution is -0.122. The molecule has 1 aliphatic rings. The van der Waals surface area contributed by atoms with Crippen molar-refractivity contribution >= 4 is 17.5 Å². The van der Waals surface area contributed by atoms with Crippen molar-refractivity contribution in [3.63, 3.8) is 0 Å². The Morgan fingerprint density at radius 3 is 3.00 bits per heavy atom. The molecule has 5 heteroatoms. The monoisotopic (exact) mass is 271 g/mol. The molecular formula is C13H15F2NOS. The van der Waals surface area contributed by atoms with Crippen LogP contribution in [0.5, 0.6) is 0 Å². The molecule has 98 valence electrons. The van der Waals surface area contributed by atoms with E-state index in [0.717, 1.165) is 24.1 Å². The second-order valence-electron chi connectivity index (χ2n) is 4.43. The molecular weight excluding hydrogens is 256 g/mol. The van der Waals surface area contributed by atoms with Gasteiger partial charge in [0.05, 0.1) is 6.04 Å². The Morgan fingerprint density at radius 1 is 1.50 bits per heavy atom. The van der Waals surface area contributed by atoms with E-state index < -0.39 is 11.6 Å². The van der Waals surface area contributed by atoms with Gasteiger partial charge in [-0.3, -0.25) is 9.69 Å². The first kappa shape index (κ1) is 13.5. The van der Waals surface area contributed by atoms with Crippen molar-refractivity contribution < 1.29 is 13.6 Å². The van der Waals surface area contributed by atoms with Gasteiger partial charge in [-0.25, -0.2) is 8.78 Å². The molecule has 1 saturated heterocycles. The molecule has 1 unspecified atom stereocenters. The Bertz CT molecular complexity index is 453. The first-order chi connectivity index (χ1) is 8.59. The average Bonchev–Trinajstić information content (AvgIpc) is 2.35. The minimum atomic E-state index is -0.906. The number of hydrogen-bond acceptors (Lipinski definition) is 3. The lowest BCUT2D eigenvalue weighted by atomic mass is 10.0. The van der Waals surface area contributed by atoms with Gasteiger partial charge in [-0.05, 0) is 18.7 Å². The Kier molecular flexibility index (Phi) is 4.35. The summed E-state index contributed by atoms with van der Waals surface area (Å²) in [6.45, 7) is 0.854. The van der Waals surface area contributed by atoms with Crippen LogP contribution in [0.25, 0.3) is 0 Å². The largest absolute Gasteiger partial charge is 0.298 e. The summed E-state index contributed by atoms with van der Waals surface area (Å²) in [5.41, 5.74) is 0.143. The van der Waals surface area contributed by atoms with Gasteiger partial charge >= 0.3 is 0 Å². The van der Waals surface area contributed by atoms with Gasteiger partial charge in [0, 0.05) is 24.5 Å². The van der Waals surface area contributed by atoms with Gasteiger partial charge in [0.15, 0.2) is 17.4 Å². The third-order valence-electron chi connectivity index (χ3n) is 3.16. The highest BCUT2D eigenvalue weighted by molar-refractivity contribution is 7.99. The summed E-state index contributed by atoms with van der Waals surface area (Å²) in [6, 6.07) is 3.77. The highest BCUT2D eigenvalue weighted by Gasteiger charge is 2.26. The predicted octanol–water partition coefficient (Wildman–Crippen LogP) is 2.12. The van der Waals surface area contributed by atoms with Crippen LogP contribution in [0.2, 0.25) is 0 Å². The van der Waals surface area contributed by atoms with E-state index in [1.807, 2.05) is 11.9 Å². The predicted molar refractivity (Wildman–Crippen MR) is 68.8 cm³/mol. The van der Waals surface area contributed by atoms with Crippen molar-refractivity contribution in [3.05, 3.63) is 35.4 Å². The zero-order valence-corrected chi connectivity index (χ0v) is 11.0. The molecule has 2 nitrogen and oxygen atoms in total. The van der Waals surface area contributed by atoms with Crippen LogP contribution in [0.3, 0.4) is 0 Å². The van der Waals surface area contributed by atoms with Crippen molar-refractivity contribution in [2.45, 2.75) is 12.5 Å². The summed E-state index contributed by atoms with van der Waals surface area (Å²) in [6.07, 6.45) is -0.0425. The maximum absolute atomic E-state index is 13.5. The molecule has 1 aromatic rings. The molecule has 0 saturated carbocycles. The molecule has 1 heterocycles. The standard InChI is InChI=1S/C13H15F2NOS/c1-16-5-6-18-8-11(16)12(17)7-9-3-2-4-10(14)13(9)15/h2-4,11H,5-8H2,1H3. The molecule has 0 aliphatic carbocycles. The summed E-state index contributed by atoms with van der Waals surface area (Å²) in [5.74, 6) is -0.112. The maximum atomic E-state index is 13.5. The van der Waals surface area contributed by atoms with Crippen LogP contribution in [0, 0.1) is 11.6 Å². The molecule has 2 rings (SSSR count). The number of carbonyl (C=O) groups excluding carboxylic acids is 1. The number of rotatable bonds is 3. The molecule has 1 fully saturated rings. The topological polar surface area (TPSA) is 20.3 Å². The van der Waals surface area contributed by atoms with E-state index in [1.54, 1.807) is 11.8 Å². The molecule has 1 aromatic carbocycles. The summed E-state index contributed by atoms with van der Waals surface area (Å²) >= 11 is 1.72. The molecule has 18 heavy (non-hydrogen) atoms. The molecule has 0 bridgehead atoms. The number of carbonyl (C=O) groups is 1. The first-order valence-corrected chi connectivity index (χ1v) is 6.98. The molecule has 0 radical (unpaired) electrons. The molecule has 1 atom stereocenters. The van der Waals surface area contributed by atoms with Crippen LogP contribution in [0.1, 0.15) is 5.56 Å². The highest BCUT2D eigenvalue weighted by atomic mass is 32.2. The van der Waals surface area contributed by atoms with Gasteiger partial charge in [-0.15, -0.1) is 0 Å². The summed E-state index contributed by atoms with van der Waals surface area (Å²) in [5, 5.41) is 0. The van der Waals surface area contributed by atoms with E-state index in [-0.39, 0.29) is 23.8 Å². The van der Waals surface area contributed by atoms with E-state index in [0.29, 0.717) is 0 Å². The van der Waals surface area contributed by atoms with E-state index in [2.05, 4.69) is 0 Å². The number of thioether (sulfide) groups is 1. The minimum absolute atomic E-state index is 0.0425. The molecule has 0 aromatic heterocycles.